The molecule has 5 heteroatoms. The minimum Gasteiger partial charge on any atom is -0.365 e. The first-order valence-electron chi connectivity index (χ1n) is 7.07. The third kappa shape index (κ3) is 2.36. The van der Waals surface area contributed by atoms with Crippen LogP contribution in [0.25, 0.3) is 0 Å². The van der Waals surface area contributed by atoms with E-state index in [1.54, 1.807) is 11.0 Å². The SMILES string of the molecule is N#Cc1cc(F)c(N2CCC(N3CCCC3)C2)c(F)c1. The van der Waals surface area contributed by atoms with Gasteiger partial charge in [-0.3, -0.25) is 4.90 Å². The Kier molecular flexibility index (Phi) is 3.58. The van der Waals surface area contributed by atoms with E-state index < -0.39 is 11.6 Å². The predicted molar refractivity (Wildman–Crippen MR) is 72.5 cm³/mol. The first-order chi connectivity index (χ1) is 9.69. The van der Waals surface area contributed by atoms with Crippen LogP contribution >= 0.6 is 0 Å². The van der Waals surface area contributed by atoms with E-state index in [0.717, 1.165) is 31.6 Å². The highest BCUT2D eigenvalue weighted by Crippen LogP contribution is 2.30. The number of nitriles is 1. The van der Waals surface area contributed by atoms with Gasteiger partial charge in [0.2, 0.25) is 0 Å². The molecule has 0 aromatic heterocycles. The molecule has 0 radical (unpaired) electrons. The minimum absolute atomic E-state index is 0.0192. The summed E-state index contributed by atoms with van der Waals surface area (Å²) in [6.07, 6.45) is 3.38. The molecule has 0 aliphatic carbocycles. The molecule has 3 nitrogen and oxygen atoms in total. The molecule has 0 saturated carbocycles. The largest absolute Gasteiger partial charge is 0.365 e. The Bertz CT molecular complexity index is 524. The third-order valence-corrected chi connectivity index (χ3v) is 4.28. The van der Waals surface area contributed by atoms with E-state index in [1.807, 2.05) is 0 Å². The summed E-state index contributed by atoms with van der Waals surface area (Å²) >= 11 is 0. The van der Waals surface area contributed by atoms with Crippen LogP contribution in [0.1, 0.15) is 24.8 Å². The maximum absolute atomic E-state index is 14.0. The van der Waals surface area contributed by atoms with Crippen molar-refractivity contribution in [1.29, 1.82) is 5.26 Å². The van der Waals surface area contributed by atoms with E-state index in [4.69, 9.17) is 5.26 Å². The Morgan fingerprint density at radius 2 is 1.75 bits per heavy atom. The average molecular weight is 277 g/mol. The molecule has 2 heterocycles. The van der Waals surface area contributed by atoms with Crippen LogP contribution in [0.2, 0.25) is 0 Å². The van der Waals surface area contributed by atoms with Crippen molar-refractivity contribution in [2.75, 3.05) is 31.1 Å². The third-order valence-electron chi connectivity index (χ3n) is 4.28. The van der Waals surface area contributed by atoms with Gasteiger partial charge in [0.15, 0.2) is 11.6 Å². The fraction of sp³-hybridized carbons (Fsp3) is 0.533. The molecule has 1 aromatic rings. The topological polar surface area (TPSA) is 30.3 Å². The van der Waals surface area contributed by atoms with Crippen molar-refractivity contribution in [3.8, 4) is 6.07 Å². The minimum atomic E-state index is -0.636. The van der Waals surface area contributed by atoms with E-state index in [0.29, 0.717) is 19.1 Å². The molecule has 1 unspecified atom stereocenters. The van der Waals surface area contributed by atoms with Gasteiger partial charge in [-0.2, -0.15) is 5.26 Å². The van der Waals surface area contributed by atoms with Gasteiger partial charge in [-0.1, -0.05) is 0 Å². The number of nitrogens with zero attached hydrogens (tertiary/aromatic N) is 3. The van der Waals surface area contributed by atoms with Crippen molar-refractivity contribution < 1.29 is 8.78 Å². The number of anilines is 1. The Labute approximate surface area is 117 Å². The van der Waals surface area contributed by atoms with Crippen molar-refractivity contribution in [1.82, 2.24) is 4.90 Å². The van der Waals surface area contributed by atoms with Crippen molar-refractivity contribution >= 4 is 5.69 Å². The van der Waals surface area contributed by atoms with Gasteiger partial charge in [0.1, 0.15) is 5.69 Å². The highest BCUT2D eigenvalue weighted by molar-refractivity contribution is 5.53. The zero-order valence-electron chi connectivity index (χ0n) is 11.3. The summed E-state index contributed by atoms with van der Waals surface area (Å²) in [5, 5.41) is 8.72. The van der Waals surface area contributed by atoms with E-state index >= 15 is 0 Å². The van der Waals surface area contributed by atoms with E-state index in [-0.39, 0.29) is 11.3 Å². The van der Waals surface area contributed by atoms with Crippen LogP contribution in [0.4, 0.5) is 14.5 Å². The first kappa shape index (κ1) is 13.3. The molecule has 0 spiro atoms. The van der Waals surface area contributed by atoms with Crippen LogP contribution in [0.5, 0.6) is 0 Å². The first-order valence-corrected chi connectivity index (χ1v) is 7.07. The predicted octanol–water partition coefficient (Wildman–Crippen LogP) is 2.51. The molecule has 0 N–H and O–H groups in total. The summed E-state index contributed by atoms with van der Waals surface area (Å²) in [5.41, 5.74) is 0.0461. The standard InChI is InChI=1S/C15H17F2N3/c16-13-7-11(9-18)8-14(17)15(13)20-6-3-12(10-20)19-4-1-2-5-19/h7-8,12H,1-6,10H2. The number of rotatable bonds is 2. The lowest BCUT2D eigenvalue weighted by Crippen LogP contribution is -2.35. The summed E-state index contributed by atoms with van der Waals surface area (Å²) in [4.78, 5) is 4.19. The maximum atomic E-state index is 14.0. The number of likely N-dealkylation sites (tertiary alicyclic amines) is 1. The Hall–Kier alpha value is -1.67. The fourth-order valence-electron chi connectivity index (χ4n) is 3.28. The number of hydrogen-bond acceptors (Lipinski definition) is 3. The lowest BCUT2D eigenvalue weighted by Gasteiger charge is -2.25. The molecule has 2 saturated heterocycles. The van der Waals surface area contributed by atoms with Crippen molar-refractivity contribution in [3.63, 3.8) is 0 Å². The van der Waals surface area contributed by atoms with Crippen LogP contribution in [-0.4, -0.2) is 37.1 Å². The quantitative estimate of drug-likeness (QED) is 0.832. The fourth-order valence-corrected chi connectivity index (χ4v) is 3.28. The smallest absolute Gasteiger partial charge is 0.150 e. The van der Waals surface area contributed by atoms with Crippen LogP contribution in [-0.2, 0) is 0 Å². The second kappa shape index (κ2) is 5.37. The van der Waals surface area contributed by atoms with Crippen molar-refractivity contribution in [3.05, 3.63) is 29.3 Å². The van der Waals surface area contributed by atoms with Gasteiger partial charge in [-0.15, -0.1) is 0 Å². The lowest BCUT2D eigenvalue weighted by atomic mass is 10.2. The van der Waals surface area contributed by atoms with Gasteiger partial charge in [0.05, 0.1) is 11.6 Å². The van der Waals surface area contributed by atoms with Crippen molar-refractivity contribution in [2.45, 2.75) is 25.3 Å². The highest BCUT2D eigenvalue weighted by Gasteiger charge is 2.31. The molecule has 2 aliphatic rings. The Morgan fingerprint density at radius 1 is 1.10 bits per heavy atom. The maximum Gasteiger partial charge on any atom is 0.150 e. The highest BCUT2D eigenvalue weighted by atomic mass is 19.1. The summed E-state index contributed by atoms with van der Waals surface area (Å²) < 4.78 is 28.0. The van der Waals surface area contributed by atoms with Gasteiger partial charge in [0.25, 0.3) is 0 Å². The molecule has 3 rings (SSSR count). The normalized spacial score (nSPS) is 23.2. The van der Waals surface area contributed by atoms with Gasteiger partial charge in [-0.25, -0.2) is 8.78 Å². The van der Waals surface area contributed by atoms with Crippen molar-refractivity contribution in [2.24, 2.45) is 0 Å². The number of halogens is 2. The summed E-state index contributed by atoms with van der Waals surface area (Å²) in [6, 6.07) is 4.39. The summed E-state index contributed by atoms with van der Waals surface area (Å²) in [7, 11) is 0. The summed E-state index contributed by atoms with van der Waals surface area (Å²) in [5.74, 6) is -1.27. The molecular weight excluding hydrogens is 260 g/mol. The van der Waals surface area contributed by atoms with Gasteiger partial charge >= 0.3 is 0 Å². The van der Waals surface area contributed by atoms with Gasteiger partial charge < -0.3 is 4.90 Å². The average Bonchev–Trinajstić information content (AvgIpc) is 3.08. The second-order valence-electron chi connectivity index (χ2n) is 5.53. The molecule has 20 heavy (non-hydrogen) atoms. The molecule has 0 amide bonds. The zero-order chi connectivity index (χ0) is 14.1. The Morgan fingerprint density at radius 3 is 2.35 bits per heavy atom. The number of benzene rings is 1. The number of hydrogen-bond donors (Lipinski definition) is 0. The molecule has 106 valence electrons. The van der Waals surface area contributed by atoms with Crippen LogP contribution in [0, 0.1) is 23.0 Å². The molecule has 0 bridgehead atoms. The van der Waals surface area contributed by atoms with E-state index in [2.05, 4.69) is 4.90 Å². The molecule has 2 fully saturated rings. The van der Waals surface area contributed by atoms with Crippen LogP contribution in [0.15, 0.2) is 12.1 Å². The van der Waals surface area contributed by atoms with Crippen LogP contribution < -0.4 is 4.90 Å². The second-order valence-corrected chi connectivity index (χ2v) is 5.53. The molecule has 1 atom stereocenters. The summed E-state index contributed by atoms with van der Waals surface area (Å²) in [6.45, 7) is 3.52. The van der Waals surface area contributed by atoms with E-state index in [1.165, 1.54) is 12.8 Å². The lowest BCUT2D eigenvalue weighted by molar-refractivity contribution is 0.260. The van der Waals surface area contributed by atoms with Crippen LogP contribution in [0.3, 0.4) is 0 Å². The molecule has 2 aliphatic heterocycles. The van der Waals surface area contributed by atoms with Gasteiger partial charge in [0, 0.05) is 19.1 Å². The monoisotopic (exact) mass is 277 g/mol. The van der Waals surface area contributed by atoms with E-state index in [9.17, 15) is 8.78 Å². The molecule has 1 aromatic carbocycles. The molecular formula is C15H17F2N3. The van der Waals surface area contributed by atoms with Gasteiger partial charge in [-0.05, 0) is 44.5 Å². The Balaban J connectivity index is 1.79. The zero-order valence-corrected chi connectivity index (χ0v) is 11.3.